The Morgan fingerprint density at radius 3 is 2.53 bits per heavy atom. The zero-order valence-electron chi connectivity index (χ0n) is 9.88. The maximum atomic E-state index is 5.79. The van der Waals surface area contributed by atoms with Crippen molar-refractivity contribution in [3.8, 4) is 0 Å². The SMILES string of the molecule is CC(C)(C)CN1Cc2ccc(N)cc2C1. The lowest BCUT2D eigenvalue weighted by molar-refractivity contribution is 0.193. The van der Waals surface area contributed by atoms with Gasteiger partial charge < -0.3 is 5.73 Å². The molecule has 1 aliphatic rings. The van der Waals surface area contributed by atoms with Crippen LogP contribution in [0.3, 0.4) is 0 Å². The second-order valence-electron chi connectivity index (χ2n) is 5.73. The molecule has 2 N–H and O–H groups in total. The minimum absolute atomic E-state index is 0.369. The maximum absolute atomic E-state index is 5.79. The second-order valence-corrected chi connectivity index (χ2v) is 5.73. The maximum Gasteiger partial charge on any atom is 0.0317 e. The van der Waals surface area contributed by atoms with E-state index in [9.17, 15) is 0 Å². The molecule has 1 aromatic rings. The average molecular weight is 204 g/mol. The number of nitrogens with two attached hydrogens (primary N) is 1. The lowest BCUT2D eigenvalue weighted by Crippen LogP contribution is -2.28. The summed E-state index contributed by atoms with van der Waals surface area (Å²) in [4.78, 5) is 2.49. The van der Waals surface area contributed by atoms with Gasteiger partial charge in [0.25, 0.3) is 0 Å². The smallest absolute Gasteiger partial charge is 0.0317 e. The molecule has 0 fully saturated rings. The van der Waals surface area contributed by atoms with Crippen LogP contribution in [0.2, 0.25) is 0 Å². The Labute approximate surface area is 92.1 Å². The monoisotopic (exact) mass is 204 g/mol. The highest BCUT2D eigenvalue weighted by Crippen LogP contribution is 2.27. The molecule has 0 aromatic heterocycles. The highest BCUT2D eigenvalue weighted by Gasteiger charge is 2.23. The van der Waals surface area contributed by atoms with Crippen molar-refractivity contribution < 1.29 is 0 Å². The van der Waals surface area contributed by atoms with Gasteiger partial charge in [-0.1, -0.05) is 26.8 Å². The largest absolute Gasteiger partial charge is 0.399 e. The summed E-state index contributed by atoms with van der Waals surface area (Å²) in [6, 6.07) is 6.27. The predicted octanol–water partition coefficient (Wildman–Crippen LogP) is 2.63. The predicted molar refractivity (Wildman–Crippen MR) is 64.4 cm³/mol. The van der Waals surface area contributed by atoms with Crippen LogP contribution >= 0.6 is 0 Å². The van der Waals surface area contributed by atoms with Gasteiger partial charge in [0.15, 0.2) is 0 Å². The van der Waals surface area contributed by atoms with Gasteiger partial charge in [-0.05, 0) is 28.7 Å². The number of hydrogen-bond donors (Lipinski definition) is 1. The Hall–Kier alpha value is -1.02. The molecule has 0 spiro atoms. The van der Waals surface area contributed by atoms with E-state index in [-0.39, 0.29) is 0 Å². The molecule has 0 atom stereocenters. The number of nitrogen functional groups attached to an aromatic ring is 1. The summed E-state index contributed by atoms with van der Waals surface area (Å²) in [6.07, 6.45) is 0. The van der Waals surface area contributed by atoms with Crippen LogP contribution in [0.25, 0.3) is 0 Å². The van der Waals surface area contributed by atoms with E-state index in [0.717, 1.165) is 25.3 Å². The van der Waals surface area contributed by atoms with E-state index in [1.165, 1.54) is 11.1 Å². The van der Waals surface area contributed by atoms with Gasteiger partial charge in [0.2, 0.25) is 0 Å². The number of benzene rings is 1. The molecule has 0 amide bonds. The summed E-state index contributed by atoms with van der Waals surface area (Å²) in [5.74, 6) is 0. The van der Waals surface area contributed by atoms with Gasteiger partial charge in [0.1, 0.15) is 0 Å². The number of rotatable bonds is 1. The van der Waals surface area contributed by atoms with Crippen LogP contribution in [0.15, 0.2) is 18.2 Å². The summed E-state index contributed by atoms with van der Waals surface area (Å²) in [7, 11) is 0. The molecule has 0 radical (unpaired) electrons. The zero-order chi connectivity index (χ0) is 11.1. The van der Waals surface area contributed by atoms with E-state index in [1.54, 1.807) is 0 Å². The molecule has 1 heterocycles. The third-order valence-corrected chi connectivity index (χ3v) is 2.72. The summed E-state index contributed by atoms with van der Waals surface area (Å²) in [6.45, 7) is 10.1. The molecular formula is C13H20N2. The van der Waals surface area contributed by atoms with Crippen molar-refractivity contribution in [2.75, 3.05) is 12.3 Å². The molecule has 2 rings (SSSR count). The molecule has 0 unspecified atom stereocenters. The van der Waals surface area contributed by atoms with Gasteiger partial charge in [0.05, 0.1) is 0 Å². The van der Waals surface area contributed by atoms with Crippen LogP contribution in [0.5, 0.6) is 0 Å². The van der Waals surface area contributed by atoms with Crippen molar-refractivity contribution >= 4 is 5.69 Å². The molecule has 15 heavy (non-hydrogen) atoms. The standard InChI is InChI=1S/C13H20N2/c1-13(2,3)9-15-7-10-4-5-12(14)6-11(10)8-15/h4-6H,7-9,14H2,1-3H3. The van der Waals surface area contributed by atoms with Crippen LogP contribution in [0.1, 0.15) is 31.9 Å². The van der Waals surface area contributed by atoms with E-state index in [1.807, 2.05) is 6.07 Å². The Kier molecular flexibility index (Phi) is 2.47. The van der Waals surface area contributed by atoms with Crippen LogP contribution in [0, 0.1) is 5.41 Å². The first-order valence-corrected chi connectivity index (χ1v) is 5.54. The fraction of sp³-hybridized carbons (Fsp3) is 0.538. The summed E-state index contributed by atoms with van der Waals surface area (Å²) in [5.41, 5.74) is 9.87. The minimum Gasteiger partial charge on any atom is -0.399 e. The highest BCUT2D eigenvalue weighted by molar-refractivity contribution is 5.46. The van der Waals surface area contributed by atoms with Gasteiger partial charge in [0, 0.05) is 25.3 Å². The fourth-order valence-electron chi connectivity index (χ4n) is 2.27. The van der Waals surface area contributed by atoms with Gasteiger partial charge in [-0.15, -0.1) is 0 Å². The molecule has 2 heteroatoms. The Morgan fingerprint density at radius 1 is 1.20 bits per heavy atom. The summed E-state index contributed by atoms with van der Waals surface area (Å²) in [5, 5.41) is 0. The third-order valence-electron chi connectivity index (χ3n) is 2.72. The van der Waals surface area contributed by atoms with Crippen molar-refractivity contribution in [3.05, 3.63) is 29.3 Å². The topological polar surface area (TPSA) is 29.3 Å². The normalized spacial score (nSPS) is 16.7. The number of fused-ring (bicyclic) bond motifs is 1. The van der Waals surface area contributed by atoms with E-state index in [2.05, 4.69) is 37.8 Å². The van der Waals surface area contributed by atoms with Crippen LogP contribution in [-0.4, -0.2) is 11.4 Å². The quantitative estimate of drug-likeness (QED) is 0.712. The van der Waals surface area contributed by atoms with Crippen LogP contribution in [-0.2, 0) is 13.1 Å². The molecule has 1 aliphatic heterocycles. The Morgan fingerprint density at radius 2 is 1.87 bits per heavy atom. The Bertz CT molecular complexity index is 363. The molecule has 2 nitrogen and oxygen atoms in total. The minimum atomic E-state index is 0.369. The molecule has 82 valence electrons. The van der Waals surface area contributed by atoms with Crippen molar-refractivity contribution in [1.82, 2.24) is 4.90 Å². The van der Waals surface area contributed by atoms with Crippen LogP contribution < -0.4 is 5.73 Å². The molecule has 0 bridgehead atoms. The first kappa shape index (κ1) is 10.5. The van der Waals surface area contributed by atoms with E-state index >= 15 is 0 Å². The van der Waals surface area contributed by atoms with Crippen molar-refractivity contribution in [2.24, 2.45) is 5.41 Å². The zero-order valence-corrected chi connectivity index (χ0v) is 9.88. The fourth-order valence-corrected chi connectivity index (χ4v) is 2.27. The van der Waals surface area contributed by atoms with E-state index < -0.39 is 0 Å². The van der Waals surface area contributed by atoms with Gasteiger partial charge in [-0.25, -0.2) is 0 Å². The summed E-state index contributed by atoms with van der Waals surface area (Å²) >= 11 is 0. The molecule has 0 saturated carbocycles. The van der Waals surface area contributed by atoms with Crippen molar-refractivity contribution in [2.45, 2.75) is 33.9 Å². The lowest BCUT2D eigenvalue weighted by Gasteiger charge is -2.25. The van der Waals surface area contributed by atoms with Crippen molar-refractivity contribution in [3.63, 3.8) is 0 Å². The van der Waals surface area contributed by atoms with Gasteiger partial charge in [-0.2, -0.15) is 0 Å². The van der Waals surface area contributed by atoms with Gasteiger partial charge >= 0.3 is 0 Å². The van der Waals surface area contributed by atoms with Crippen LogP contribution in [0.4, 0.5) is 5.69 Å². The van der Waals surface area contributed by atoms with Crippen molar-refractivity contribution in [1.29, 1.82) is 0 Å². The lowest BCUT2D eigenvalue weighted by atomic mass is 9.96. The number of hydrogen-bond acceptors (Lipinski definition) is 2. The van der Waals surface area contributed by atoms with Gasteiger partial charge in [-0.3, -0.25) is 4.90 Å². The van der Waals surface area contributed by atoms with E-state index in [4.69, 9.17) is 5.73 Å². The number of anilines is 1. The first-order chi connectivity index (χ1) is 6.94. The highest BCUT2D eigenvalue weighted by atomic mass is 15.1. The molecule has 0 saturated heterocycles. The number of nitrogens with zero attached hydrogens (tertiary/aromatic N) is 1. The van der Waals surface area contributed by atoms with E-state index in [0.29, 0.717) is 5.41 Å². The first-order valence-electron chi connectivity index (χ1n) is 5.54. The Balaban J connectivity index is 2.09. The average Bonchev–Trinajstić information content (AvgIpc) is 2.42. The third kappa shape index (κ3) is 2.51. The molecule has 0 aliphatic carbocycles. The summed E-state index contributed by atoms with van der Waals surface area (Å²) < 4.78 is 0. The molecular weight excluding hydrogens is 184 g/mol. The molecule has 1 aromatic carbocycles. The second kappa shape index (κ2) is 3.53.